The minimum Gasteiger partial charge on any atom is -0.297 e. The molecule has 1 rings (SSSR count). The summed E-state index contributed by atoms with van der Waals surface area (Å²) < 4.78 is 0. The summed E-state index contributed by atoms with van der Waals surface area (Å²) in [4.78, 5) is 2.82. The molecule has 1 aliphatic rings. The smallest absolute Gasteiger partial charge is 0.0404 e. The Hall–Kier alpha value is -0.0831. The molecule has 0 N–H and O–H groups in total. The van der Waals surface area contributed by atoms with Crippen molar-refractivity contribution in [1.29, 1.82) is 0 Å². The molecule has 1 nitrogen and oxygen atoms in total. The van der Waals surface area contributed by atoms with Gasteiger partial charge in [0.05, 0.1) is 0 Å². The van der Waals surface area contributed by atoms with Crippen LogP contribution in [0.15, 0.2) is 11.6 Å². The Bertz CT molecular complexity index is 308. The first-order valence-electron chi connectivity index (χ1n) is 11.1. The lowest BCUT2D eigenvalue weighted by atomic mass is 10.1. The van der Waals surface area contributed by atoms with Gasteiger partial charge < -0.3 is 0 Å². The van der Waals surface area contributed by atoms with E-state index in [1.165, 1.54) is 95.4 Å². The van der Waals surface area contributed by atoms with Gasteiger partial charge in [-0.2, -0.15) is 0 Å². The van der Waals surface area contributed by atoms with Crippen molar-refractivity contribution in [3.05, 3.63) is 11.6 Å². The van der Waals surface area contributed by atoms with Crippen LogP contribution in [-0.4, -0.2) is 32.8 Å². The van der Waals surface area contributed by atoms with E-state index < -0.39 is 8.80 Å². The van der Waals surface area contributed by atoms with E-state index in [1.54, 1.807) is 5.57 Å². The van der Waals surface area contributed by atoms with Gasteiger partial charge in [-0.05, 0) is 45.8 Å². The Balaban J connectivity index is 2.61. The fourth-order valence-electron chi connectivity index (χ4n) is 4.22. The summed E-state index contributed by atoms with van der Waals surface area (Å²) in [6, 6.07) is 5.04. The lowest BCUT2D eigenvalue weighted by Crippen LogP contribution is -2.37. The molecule has 142 valence electrons. The minimum atomic E-state index is -0.528. The highest BCUT2D eigenvalue weighted by Crippen LogP contribution is 2.22. The lowest BCUT2D eigenvalue weighted by Gasteiger charge is -2.32. The third-order valence-electron chi connectivity index (χ3n) is 6.27. The molecule has 1 atom stereocenters. The average molecular weight is 352 g/mol. The van der Waals surface area contributed by atoms with Crippen LogP contribution in [0.2, 0.25) is 18.1 Å². The highest BCUT2D eigenvalue weighted by molar-refractivity contribution is 6.59. The second kappa shape index (κ2) is 14.1. The molecule has 1 heterocycles. The molecular weight excluding hydrogens is 306 g/mol. The van der Waals surface area contributed by atoms with Gasteiger partial charge in [-0.25, -0.2) is 0 Å². The maximum Gasteiger partial charge on any atom is 0.0404 e. The molecule has 0 saturated carbocycles. The minimum absolute atomic E-state index is 0.528. The lowest BCUT2D eigenvalue weighted by molar-refractivity contribution is 0.222. The third-order valence-corrected chi connectivity index (χ3v) is 9.63. The maximum atomic E-state index is 2.82. The predicted molar refractivity (Wildman–Crippen MR) is 114 cm³/mol. The molecule has 0 aromatic carbocycles. The highest BCUT2D eigenvalue weighted by Gasteiger charge is 2.19. The van der Waals surface area contributed by atoms with Crippen LogP contribution in [0.1, 0.15) is 91.9 Å². The highest BCUT2D eigenvalue weighted by atomic mass is 28.3. The summed E-state index contributed by atoms with van der Waals surface area (Å²) in [6.07, 6.45) is 17.0. The molecule has 0 amide bonds. The van der Waals surface area contributed by atoms with E-state index in [4.69, 9.17) is 0 Å². The number of rotatable bonds is 6. The Labute approximate surface area is 154 Å². The molecule has 1 saturated heterocycles. The predicted octanol–water partition coefficient (Wildman–Crippen LogP) is 6.80. The van der Waals surface area contributed by atoms with Gasteiger partial charge in [0.1, 0.15) is 0 Å². The van der Waals surface area contributed by atoms with Gasteiger partial charge in [-0.15, -0.1) is 0 Å². The van der Waals surface area contributed by atoms with Gasteiger partial charge in [0.2, 0.25) is 0 Å². The molecule has 0 aromatic rings. The number of allylic oxidation sites excluding steroid dienone is 1. The van der Waals surface area contributed by atoms with Crippen LogP contribution < -0.4 is 0 Å². The van der Waals surface area contributed by atoms with Crippen LogP contribution in [0.5, 0.6) is 0 Å². The Kier molecular flexibility index (Phi) is 12.9. The first-order chi connectivity index (χ1) is 11.7. The summed E-state index contributed by atoms with van der Waals surface area (Å²) >= 11 is 0. The quantitative estimate of drug-likeness (QED) is 0.375. The topological polar surface area (TPSA) is 3.24 Å². The van der Waals surface area contributed by atoms with Crippen molar-refractivity contribution in [2.45, 2.75) is 116 Å². The molecule has 2 heteroatoms. The van der Waals surface area contributed by atoms with Crippen LogP contribution >= 0.6 is 0 Å². The van der Waals surface area contributed by atoms with E-state index in [9.17, 15) is 0 Å². The van der Waals surface area contributed by atoms with Gasteiger partial charge in [0, 0.05) is 14.8 Å². The van der Waals surface area contributed by atoms with Crippen LogP contribution in [0.3, 0.4) is 0 Å². The van der Waals surface area contributed by atoms with Crippen LogP contribution in [0.4, 0.5) is 0 Å². The van der Waals surface area contributed by atoms with Gasteiger partial charge in [-0.3, -0.25) is 4.90 Å². The van der Waals surface area contributed by atoms with Crippen molar-refractivity contribution in [3.63, 3.8) is 0 Å². The molecule has 1 fully saturated rings. The fraction of sp³-hybridized carbons (Fsp3) is 0.909. The van der Waals surface area contributed by atoms with E-state index in [-0.39, 0.29) is 0 Å². The summed E-state index contributed by atoms with van der Waals surface area (Å²) in [6.45, 7) is 12.2. The first-order valence-corrected chi connectivity index (χ1v) is 13.6. The summed E-state index contributed by atoms with van der Waals surface area (Å²) in [7, 11) is -0.528. The molecule has 0 spiro atoms. The van der Waals surface area contributed by atoms with E-state index in [0.29, 0.717) is 6.04 Å². The zero-order valence-electron chi connectivity index (χ0n) is 17.3. The molecule has 0 aliphatic carbocycles. The number of hydrogen-bond acceptors (Lipinski definition) is 1. The molecule has 24 heavy (non-hydrogen) atoms. The summed E-state index contributed by atoms with van der Waals surface area (Å²) in [5.74, 6) is 0. The van der Waals surface area contributed by atoms with Crippen molar-refractivity contribution >= 4 is 8.80 Å². The van der Waals surface area contributed by atoms with E-state index >= 15 is 0 Å². The normalized spacial score (nSPS) is 21.8. The Morgan fingerprint density at radius 1 is 0.833 bits per heavy atom. The van der Waals surface area contributed by atoms with Crippen molar-refractivity contribution < 1.29 is 0 Å². The van der Waals surface area contributed by atoms with Gasteiger partial charge in [0.25, 0.3) is 0 Å². The second-order valence-electron chi connectivity index (χ2n) is 8.00. The van der Waals surface area contributed by atoms with Crippen molar-refractivity contribution in [3.8, 4) is 0 Å². The van der Waals surface area contributed by atoms with E-state index in [1.807, 2.05) is 0 Å². The Morgan fingerprint density at radius 3 is 1.62 bits per heavy atom. The average Bonchev–Trinajstić information content (AvgIpc) is 2.63. The summed E-state index contributed by atoms with van der Waals surface area (Å²) in [5, 5.41) is 0. The molecule has 1 aliphatic heterocycles. The van der Waals surface area contributed by atoms with Crippen molar-refractivity contribution in [2.24, 2.45) is 0 Å². The zero-order chi connectivity index (χ0) is 17.6. The Morgan fingerprint density at radius 2 is 1.25 bits per heavy atom. The number of hydrogen-bond donors (Lipinski definition) is 0. The largest absolute Gasteiger partial charge is 0.297 e. The zero-order valence-corrected chi connectivity index (χ0v) is 18.4. The molecule has 1 unspecified atom stereocenters. The van der Waals surface area contributed by atoms with E-state index in [2.05, 4.69) is 38.7 Å². The van der Waals surface area contributed by atoms with E-state index in [0.717, 1.165) is 0 Å². The standard InChI is InChI=1S/C22H45NSi/c1-5-22(20-24(6-2)7-3)21(4)23-18-16-14-12-10-8-9-11-13-15-17-19-23/h5,21,24H,6-20H2,1-4H3. The maximum absolute atomic E-state index is 2.82. The van der Waals surface area contributed by atoms with Crippen molar-refractivity contribution in [1.82, 2.24) is 4.90 Å². The van der Waals surface area contributed by atoms with Crippen molar-refractivity contribution in [2.75, 3.05) is 13.1 Å². The van der Waals surface area contributed by atoms with Crippen LogP contribution in [-0.2, 0) is 0 Å². The molecular formula is C22H45NSi. The molecule has 0 aromatic heterocycles. The molecule has 0 radical (unpaired) electrons. The van der Waals surface area contributed by atoms with Gasteiger partial charge in [0.15, 0.2) is 0 Å². The SMILES string of the molecule is CC=C(C[SiH](CC)CC)C(C)N1CCCCCCCCCCCC1. The third kappa shape index (κ3) is 8.85. The summed E-state index contributed by atoms with van der Waals surface area (Å²) in [5.41, 5.74) is 1.75. The van der Waals surface area contributed by atoms with Crippen LogP contribution in [0, 0.1) is 0 Å². The van der Waals surface area contributed by atoms with Gasteiger partial charge >= 0.3 is 0 Å². The monoisotopic (exact) mass is 351 g/mol. The van der Waals surface area contributed by atoms with Gasteiger partial charge in [-0.1, -0.05) is 89.0 Å². The molecule has 0 bridgehead atoms. The second-order valence-corrected chi connectivity index (χ2v) is 11.8. The first kappa shape index (κ1) is 22.0. The fourth-order valence-corrected chi connectivity index (χ4v) is 6.62. The van der Waals surface area contributed by atoms with Crippen LogP contribution in [0.25, 0.3) is 0 Å². The number of nitrogens with zero attached hydrogens (tertiary/aromatic N) is 1.